The minimum atomic E-state index is 0.139. The number of rotatable bonds is 4. The minimum absolute atomic E-state index is 0.139. The van der Waals surface area contributed by atoms with Gasteiger partial charge in [0, 0.05) is 37.6 Å². The molecule has 2 aliphatic carbocycles. The number of carbonyl (C=O) groups is 2. The van der Waals surface area contributed by atoms with Gasteiger partial charge in [-0.25, -0.2) is 0 Å². The normalized spacial score (nSPS) is 29.1. The molecule has 2 heterocycles. The highest BCUT2D eigenvalue weighted by Gasteiger charge is 2.37. The van der Waals surface area contributed by atoms with E-state index in [1.165, 1.54) is 0 Å². The van der Waals surface area contributed by atoms with Crippen LogP contribution in [0.2, 0.25) is 0 Å². The zero-order chi connectivity index (χ0) is 17.2. The molecule has 2 amide bonds. The van der Waals surface area contributed by atoms with Gasteiger partial charge in [0.25, 0.3) is 0 Å². The molecule has 1 saturated carbocycles. The third-order valence-electron chi connectivity index (χ3n) is 6.40. The second-order valence-electron chi connectivity index (χ2n) is 8.31. The van der Waals surface area contributed by atoms with Gasteiger partial charge in [-0.1, -0.05) is 12.2 Å². The molecule has 138 valence electrons. The van der Waals surface area contributed by atoms with Gasteiger partial charge < -0.3 is 10.2 Å². The van der Waals surface area contributed by atoms with E-state index in [1.807, 2.05) is 0 Å². The molecule has 5 nitrogen and oxygen atoms in total. The number of carbonyl (C=O) groups excluding carboxylic acids is 2. The molecule has 0 aromatic heterocycles. The quantitative estimate of drug-likeness (QED) is 0.792. The van der Waals surface area contributed by atoms with Crippen LogP contribution in [0.3, 0.4) is 0 Å². The molecule has 5 heteroatoms. The summed E-state index contributed by atoms with van der Waals surface area (Å²) in [4.78, 5) is 29.4. The third-order valence-corrected chi connectivity index (χ3v) is 6.40. The van der Waals surface area contributed by atoms with Gasteiger partial charge in [0.1, 0.15) is 0 Å². The number of likely N-dealkylation sites (tertiary alicyclic amines) is 2. The highest BCUT2D eigenvalue weighted by atomic mass is 16.2. The van der Waals surface area contributed by atoms with Gasteiger partial charge in [-0.3, -0.25) is 14.5 Å². The lowest BCUT2D eigenvalue weighted by Crippen LogP contribution is -2.52. The Kier molecular flexibility index (Phi) is 5.11. The standard InChI is InChI=1S/C20H31N3O2/c24-19(21-17-5-1-2-6-17)16-4-3-11-23(14-16)18-9-12-22(13-10-18)20(25)15-7-8-15/h1-2,15-18H,3-14H2,(H,21,24)/t16-/m1/s1. The van der Waals surface area contributed by atoms with E-state index in [2.05, 4.69) is 27.3 Å². The van der Waals surface area contributed by atoms with Gasteiger partial charge in [0.2, 0.25) is 11.8 Å². The molecule has 3 fully saturated rings. The maximum Gasteiger partial charge on any atom is 0.225 e. The molecule has 4 aliphatic rings. The first-order valence-corrected chi connectivity index (χ1v) is 10.2. The molecule has 0 spiro atoms. The molecule has 1 N–H and O–H groups in total. The monoisotopic (exact) mass is 345 g/mol. The Balaban J connectivity index is 1.25. The van der Waals surface area contributed by atoms with Crippen LogP contribution in [0.1, 0.15) is 51.4 Å². The van der Waals surface area contributed by atoms with Crippen LogP contribution in [0.5, 0.6) is 0 Å². The van der Waals surface area contributed by atoms with Crippen molar-refractivity contribution in [3.8, 4) is 0 Å². The molecule has 2 saturated heterocycles. The van der Waals surface area contributed by atoms with Gasteiger partial charge >= 0.3 is 0 Å². The van der Waals surface area contributed by atoms with Crippen molar-refractivity contribution >= 4 is 11.8 Å². The van der Waals surface area contributed by atoms with Crippen molar-refractivity contribution in [1.82, 2.24) is 15.1 Å². The summed E-state index contributed by atoms with van der Waals surface area (Å²) < 4.78 is 0. The molecular weight excluding hydrogens is 314 g/mol. The second kappa shape index (κ2) is 7.48. The van der Waals surface area contributed by atoms with Crippen molar-refractivity contribution in [2.24, 2.45) is 11.8 Å². The van der Waals surface area contributed by atoms with E-state index in [0.29, 0.717) is 23.9 Å². The molecule has 1 atom stereocenters. The fourth-order valence-electron chi connectivity index (χ4n) is 4.65. The topological polar surface area (TPSA) is 52.7 Å². The predicted molar refractivity (Wildman–Crippen MR) is 96.9 cm³/mol. The number of nitrogens with one attached hydrogen (secondary N) is 1. The summed E-state index contributed by atoms with van der Waals surface area (Å²) in [5.41, 5.74) is 0. The zero-order valence-corrected chi connectivity index (χ0v) is 15.2. The molecule has 0 radical (unpaired) electrons. The van der Waals surface area contributed by atoms with Crippen LogP contribution >= 0.6 is 0 Å². The Morgan fingerprint density at radius 2 is 1.60 bits per heavy atom. The SMILES string of the molecule is O=C(NC1CC=CC1)[C@@H]1CCCN(C2CCN(C(=O)C3CC3)CC2)C1. The van der Waals surface area contributed by atoms with Crippen molar-refractivity contribution in [1.29, 1.82) is 0 Å². The van der Waals surface area contributed by atoms with E-state index >= 15 is 0 Å². The summed E-state index contributed by atoms with van der Waals surface area (Å²) in [6.07, 6.45) is 12.7. The van der Waals surface area contributed by atoms with Crippen LogP contribution in [0.15, 0.2) is 12.2 Å². The molecule has 0 bridgehead atoms. The smallest absolute Gasteiger partial charge is 0.225 e. The Hall–Kier alpha value is -1.36. The lowest BCUT2D eigenvalue weighted by Gasteiger charge is -2.42. The van der Waals surface area contributed by atoms with E-state index in [9.17, 15) is 9.59 Å². The molecule has 0 aromatic carbocycles. The lowest BCUT2D eigenvalue weighted by atomic mass is 9.93. The predicted octanol–water partition coefficient (Wildman–Crippen LogP) is 1.93. The first kappa shape index (κ1) is 17.1. The molecule has 4 rings (SSSR count). The summed E-state index contributed by atoms with van der Waals surface area (Å²) in [6, 6.07) is 0.867. The average Bonchev–Trinajstić information content (AvgIpc) is 3.39. The van der Waals surface area contributed by atoms with E-state index in [1.54, 1.807) is 0 Å². The van der Waals surface area contributed by atoms with E-state index in [-0.39, 0.29) is 11.8 Å². The fourth-order valence-corrected chi connectivity index (χ4v) is 4.65. The average molecular weight is 345 g/mol. The molecule has 25 heavy (non-hydrogen) atoms. The molecular formula is C20H31N3O2. The van der Waals surface area contributed by atoms with Crippen molar-refractivity contribution in [2.45, 2.75) is 63.5 Å². The Morgan fingerprint density at radius 1 is 0.880 bits per heavy atom. The Morgan fingerprint density at radius 3 is 2.28 bits per heavy atom. The third kappa shape index (κ3) is 4.08. The van der Waals surface area contributed by atoms with Crippen molar-refractivity contribution in [3.63, 3.8) is 0 Å². The summed E-state index contributed by atoms with van der Waals surface area (Å²) >= 11 is 0. The molecule has 2 aliphatic heterocycles. The Bertz CT molecular complexity index is 527. The zero-order valence-electron chi connectivity index (χ0n) is 15.2. The molecule has 0 aromatic rings. The van der Waals surface area contributed by atoms with E-state index < -0.39 is 0 Å². The number of hydrogen-bond donors (Lipinski definition) is 1. The summed E-state index contributed by atoms with van der Waals surface area (Å²) in [5, 5.41) is 3.23. The first-order chi connectivity index (χ1) is 12.2. The highest BCUT2D eigenvalue weighted by Crippen LogP contribution is 2.32. The number of hydrogen-bond acceptors (Lipinski definition) is 3. The van der Waals surface area contributed by atoms with Crippen molar-refractivity contribution in [2.75, 3.05) is 26.2 Å². The van der Waals surface area contributed by atoms with Crippen molar-refractivity contribution in [3.05, 3.63) is 12.2 Å². The minimum Gasteiger partial charge on any atom is -0.352 e. The highest BCUT2D eigenvalue weighted by molar-refractivity contribution is 5.81. The number of piperidine rings is 2. The van der Waals surface area contributed by atoms with Gasteiger partial charge in [0.05, 0.1) is 5.92 Å². The maximum atomic E-state index is 12.6. The van der Waals surface area contributed by atoms with Crippen LogP contribution in [-0.2, 0) is 9.59 Å². The number of amides is 2. The van der Waals surface area contributed by atoms with E-state index in [4.69, 9.17) is 0 Å². The van der Waals surface area contributed by atoms with Crippen LogP contribution in [0.25, 0.3) is 0 Å². The maximum absolute atomic E-state index is 12.6. The summed E-state index contributed by atoms with van der Waals surface area (Å²) in [5.74, 6) is 1.12. The molecule has 0 unspecified atom stereocenters. The van der Waals surface area contributed by atoms with Crippen LogP contribution in [0.4, 0.5) is 0 Å². The largest absolute Gasteiger partial charge is 0.352 e. The van der Waals surface area contributed by atoms with Gasteiger partial charge in [-0.2, -0.15) is 0 Å². The summed E-state index contributed by atoms with van der Waals surface area (Å²) in [6.45, 7) is 3.81. The van der Waals surface area contributed by atoms with Gasteiger partial charge in [-0.15, -0.1) is 0 Å². The van der Waals surface area contributed by atoms with Crippen LogP contribution < -0.4 is 5.32 Å². The van der Waals surface area contributed by atoms with Gasteiger partial charge in [-0.05, 0) is 57.9 Å². The second-order valence-corrected chi connectivity index (χ2v) is 8.31. The van der Waals surface area contributed by atoms with E-state index in [0.717, 1.165) is 77.5 Å². The number of nitrogens with zero attached hydrogens (tertiary/aromatic N) is 2. The fraction of sp³-hybridized carbons (Fsp3) is 0.800. The lowest BCUT2D eigenvalue weighted by molar-refractivity contribution is -0.134. The van der Waals surface area contributed by atoms with Gasteiger partial charge in [0.15, 0.2) is 0 Å². The van der Waals surface area contributed by atoms with Crippen LogP contribution in [0, 0.1) is 11.8 Å². The van der Waals surface area contributed by atoms with Crippen molar-refractivity contribution < 1.29 is 9.59 Å². The summed E-state index contributed by atoms with van der Waals surface area (Å²) in [7, 11) is 0. The Labute approximate surface area is 150 Å². The first-order valence-electron chi connectivity index (χ1n) is 10.2. The van der Waals surface area contributed by atoms with Crippen LogP contribution in [-0.4, -0.2) is 59.9 Å².